The molecule has 0 saturated carbocycles. The lowest BCUT2D eigenvalue weighted by atomic mass is 10.1. The second-order valence-corrected chi connectivity index (χ2v) is 4.78. The van der Waals surface area contributed by atoms with Crippen LogP contribution in [0.25, 0.3) is 0 Å². The molecule has 21 heavy (non-hydrogen) atoms. The lowest BCUT2D eigenvalue weighted by Crippen LogP contribution is -2.32. The summed E-state index contributed by atoms with van der Waals surface area (Å²) in [7, 11) is 0. The van der Waals surface area contributed by atoms with E-state index in [4.69, 9.17) is 4.74 Å². The number of carbonyl (C=O) groups is 1. The minimum Gasteiger partial charge on any atom is -0.490 e. The Kier molecular flexibility index (Phi) is 3.88. The quantitative estimate of drug-likeness (QED) is 0.624. The zero-order chi connectivity index (χ0) is 14.5. The summed E-state index contributed by atoms with van der Waals surface area (Å²) in [6, 6.07) is 15.3. The van der Waals surface area contributed by atoms with Gasteiger partial charge in [-0.25, -0.2) is 0 Å². The standard InChI is InChI=1S/C18H15NO2/c20-14-16-9-7-15(8-10-16)4-3-11-19-12-13-21-18-6-2-1-5-17(18)19/h1-2,5-10,14H,11-13H2. The van der Waals surface area contributed by atoms with Gasteiger partial charge in [0.15, 0.2) is 0 Å². The van der Waals surface area contributed by atoms with E-state index < -0.39 is 0 Å². The first-order valence-electron chi connectivity index (χ1n) is 6.88. The van der Waals surface area contributed by atoms with Crippen LogP contribution in [-0.4, -0.2) is 26.0 Å². The zero-order valence-electron chi connectivity index (χ0n) is 11.6. The second-order valence-electron chi connectivity index (χ2n) is 4.78. The molecule has 0 atom stereocenters. The Morgan fingerprint density at radius 1 is 1.14 bits per heavy atom. The third kappa shape index (κ3) is 3.06. The molecule has 104 valence electrons. The van der Waals surface area contributed by atoms with Crippen molar-refractivity contribution in [2.45, 2.75) is 0 Å². The van der Waals surface area contributed by atoms with Crippen LogP contribution < -0.4 is 9.64 Å². The predicted octanol–water partition coefficient (Wildman–Crippen LogP) is 2.75. The normalized spacial score (nSPS) is 12.7. The van der Waals surface area contributed by atoms with E-state index >= 15 is 0 Å². The van der Waals surface area contributed by atoms with Crippen LogP contribution in [0, 0.1) is 11.8 Å². The van der Waals surface area contributed by atoms with E-state index in [9.17, 15) is 4.79 Å². The van der Waals surface area contributed by atoms with Gasteiger partial charge in [0.05, 0.1) is 18.8 Å². The van der Waals surface area contributed by atoms with Gasteiger partial charge in [-0.3, -0.25) is 4.79 Å². The smallest absolute Gasteiger partial charge is 0.150 e. The average Bonchev–Trinajstić information content (AvgIpc) is 2.56. The van der Waals surface area contributed by atoms with Crippen LogP contribution in [0.5, 0.6) is 5.75 Å². The molecular formula is C18H15NO2. The van der Waals surface area contributed by atoms with Crippen LogP contribution in [0.2, 0.25) is 0 Å². The van der Waals surface area contributed by atoms with Gasteiger partial charge in [0, 0.05) is 11.1 Å². The summed E-state index contributed by atoms with van der Waals surface area (Å²) in [5, 5.41) is 0. The molecule has 0 fully saturated rings. The van der Waals surface area contributed by atoms with Crippen LogP contribution >= 0.6 is 0 Å². The molecule has 0 unspecified atom stereocenters. The van der Waals surface area contributed by atoms with Crippen molar-refractivity contribution < 1.29 is 9.53 Å². The number of rotatable bonds is 2. The van der Waals surface area contributed by atoms with Crippen LogP contribution in [0.4, 0.5) is 5.69 Å². The van der Waals surface area contributed by atoms with E-state index in [1.54, 1.807) is 12.1 Å². The molecule has 1 aliphatic heterocycles. The monoisotopic (exact) mass is 277 g/mol. The van der Waals surface area contributed by atoms with Crippen LogP contribution in [0.3, 0.4) is 0 Å². The van der Waals surface area contributed by atoms with Crippen molar-refractivity contribution in [2.75, 3.05) is 24.6 Å². The molecule has 1 aliphatic rings. The fraction of sp³-hybridized carbons (Fsp3) is 0.167. The van der Waals surface area contributed by atoms with E-state index in [-0.39, 0.29) is 0 Å². The Bertz CT molecular complexity index is 695. The molecule has 3 heteroatoms. The van der Waals surface area contributed by atoms with Crippen molar-refractivity contribution >= 4 is 12.0 Å². The highest BCUT2D eigenvalue weighted by atomic mass is 16.5. The van der Waals surface area contributed by atoms with Gasteiger partial charge in [-0.2, -0.15) is 0 Å². The van der Waals surface area contributed by atoms with Crippen molar-refractivity contribution in [3.05, 3.63) is 59.7 Å². The minimum atomic E-state index is 0.663. The molecule has 0 amide bonds. The van der Waals surface area contributed by atoms with Gasteiger partial charge in [-0.1, -0.05) is 36.1 Å². The van der Waals surface area contributed by atoms with Crippen LogP contribution in [-0.2, 0) is 0 Å². The third-order valence-electron chi connectivity index (χ3n) is 3.37. The predicted molar refractivity (Wildman–Crippen MR) is 82.9 cm³/mol. The largest absolute Gasteiger partial charge is 0.490 e. The van der Waals surface area contributed by atoms with Crippen molar-refractivity contribution in [1.82, 2.24) is 0 Å². The molecule has 0 spiro atoms. The van der Waals surface area contributed by atoms with E-state index in [0.29, 0.717) is 18.7 Å². The van der Waals surface area contributed by atoms with Gasteiger partial charge in [-0.15, -0.1) is 0 Å². The number of ether oxygens (including phenoxy) is 1. The van der Waals surface area contributed by atoms with E-state index in [1.807, 2.05) is 30.3 Å². The van der Waals surface area contributed by atoms with Gasteiger partial charge in [0.1, 0.15) is 18.6 Å². The Hall–Kier alpha value is -2.73. The number of hydrogen-bond donors (Lipinski definition) is 0. The van der Waals surface area contributed by atoms with Crippen molar-refractivity contribution in [2.24, 2.45) is 0 Å². The van der Waals surface area contributed by atoms with Gasteiger partial charge < -0.3 is 9.64 Å². The first-order valence-corrected chi connectivity index (χ1v) is 6.88. The number of hydrogen-bond acceptors (Lipinski definition) is 3. The Morgan fingerprint density at radius 3 is 2.76 bits per heavy atom. The number of aldehydes is 1. The third-order valence-corrected chi connectivity index (χ3v) is 3.37. The summed E-state index contributed by atoms with van der Waals surface area (Å²) in [6.45, 7) is 2.19. The molecule has 0 aliphatic carbocycles. The molecule has 3 rings (SSSR count). The van der Waals surface area contributed by atoms with Crippen molar-refractivity contribution in [1.29, 1.82) is 0 Å². The maximum atomic E-state index is 10.6. The van der Waals surface area contributed by atoms with Gasteiger partial charge in [-0.05, 0) is 24.3 Å². The van der Waals surface area contributed by atoms with E-state index in [1.165, 1.54) is 0 Å². The lowest BCUT2D eigenvalue weighted by Gasteiger charge is -2.29. The summed E-state index contributed by atoms with van der Waals surface area (Å²) in [5.41, 5.74) is 2.68. The van der Waals surface area contributed by atoms with Gasteiger partial charge in [0.2, 0.25) is 0 Å². The van der Waals surface area contributed by atoms with Gasteiger partial charge in [0.25, 0.3) is 0 Å². The molecule has 3 nitrogen and oxygen atoms in total. The number of para-hydroxylation sites is 2. The van der Waals surface area contributed by atoms with Crippen LogP contribution in [0.15, 0.2) is 48.5 Å². The topological polar surface area (TPSA) is 29.5 Å². The SMILES string of the molecule is O=Cc1ccc(C#CCN2CCOc3ccccc32)cc1. The summed E-state index contributed by atoms with van der Waals surface area (Å²) in [6.07, 6.45) is 0.835. The van der Waals surface area contributed by atoms with Crippen LogP contribution in [0.1, 0.15) is 15.9 Å². The summed E-state index contributed by atoms with van der Waals surface area (Å²) in [4.78, 5) is 12.8. The number of fused-ring (bicyclic) bond motifs is 1. The Balaban J connectivity index is 1.71. The maximum Gasteiger partial charge on any atom is 0.150 e. The highest BCUT2D eigenvalue weighted by Crippen LogP contribution is 2.30. The minimum absolute atomic E-state index is 0.663. The maximum absolute atomic E-state index is 10.6. The Morgan fingerprint density at radius 2 is 1.95 bits per heavy atom. The molecule has 0 N–H and O–H groups in total. The first-order chi connectivity index (χ1) is 10.4. The highest BCUT2D eigenvalue weighted by Gasteiger charge is 2.15. The summed E-state index contributed by atoms with van der Waals surface area (Å²) in [5.74, 6) is 7.22. The fourth-order valence-electron chi connectivity index (χ4n) is 2.27. The van der Waals surface area contributed by atoms with E-state index in [2.05, 4.69) is 22.8 Å². The number of benzene rings is 2. The zero-order valence-corrected chi connectivity index (χ0v) is 11.6. The molecule has 2 aromatic rings. The number of carbonyl (C=O) groups excluding carboxylic acids is 1. The van der Waals surface area contributed by atoms with Crippen molar-refractivity contribution in [3.8, 4) is 17.6 Å². The second kappa shape index (κ2) is 6.15. The average molecular weight is 277 g/mol. The molecule has 0 bridgehead atoms. The first kappa shape index (κ1) is 13.3. The fourth-order valence-corrected chi connectivity index (χ4v) is 2.27. The number of nitrogens with zero attached hydrogens (tertiary/aromatic N) is 1. The molecule has 2 aromatic carbocycles. The summed E-state index contributed by atoms with van der Waals surface area (Å²) >= 11 is 0. The molecule has 0 aromatic heterocycles. The van der Waals surface area contributed by atoms with Crippen molar-refractivity contribution in [3.63, 3.8) is 0 Å². The highest BCUT2D eigenvalue weighted by molar-refractivity contribution is 5.74. The number of anilines is 1. The molecule has 0 radical (unpaired) electrons. The van der Waals surface area contributed by atoms with E-state index in [0.717, 1.165) is 29.8 Å². The Labute approximate surface area is 124 Å². The van der Waals surface area contributed by atoms with Gasteiger partial charge >= 0.3 is 0 Å². The lowest BCUT2D eigenvalue weighted by molar-refractivity contribution is 0.112. The molecule has 1 heterocycles. The molecular weight excluding hydrogens is 262 g/mol. The summed E-state index contributed by atoms with van der Waals surface area (Å²) < 4.78 is 5.62. The molecule has 0 saturated heterocycles.